The van der Waals surface area contributed by atoms with Gasteiger partial charge < -0.3 is 15.0 Å². The molecule has 2 aromatic rings. The highest BCUT2D eigenvalue weighted by Gasteiger charge is 2.39. The second-order valence-corrected chi connectivity index (χ2v) is 7.90. The van der Waals surface area contributed by atoms with Gasteiger partial charge in [-0.15, -0.1) is 0 Å². The number of benzene rings is 2. The molecule has 2 aliphatic heterocycles. The van der Waals surface area contributed by atoms with Gasteiger partial charge in [-0.2, -0.15) is 0 Å². The Labute approximate surface area is 185 Å². The molecule has 31 heavy (non-hydrogen) atoms. The molecule has 3 amide bonds. The first-order valence-corrected chi connectivity index (χ1v) is 10.5. The summed E-state index contributed by atoms with van der Waals surface area (Å²) in [6, 6.07) is 12.4. The molecule has 4 rings (SSSR count). The van der Waals surface area contributed by atoms with Gasteiger partial charge in [-0.1, -0.05) is 48.0 Å². The highest BCUT2D eigenvalue weighted by Crippen LogP contribution is 2.37. The number of carbonyl (C=O) groups excluding carboxylic acids is 2. The minimum Gasteiger partial charge on any atom is -0.378 e. The first-order chi connectivity index (χ1) is 15.0. The maximum atomic E-state index is 14.8. The van der Waals surface area contributed by atoms with Crippen LogP contribution < -0.4 is 5.32 Å². The van der Waals surface area contributed by atoms with Crippen LogP contribution >= 0.6 is 11.6 Å². The van der Waals surface area contributed by atoms with Crippen molar-refractivity contribution in [2.24, 2.45) is 0 Å². The van der Waals surface area contributed by atoms with Crippen LogP contribution in [0.4, 0.5) is 9.18 Å². The number of rotatable bonds is 4. The normalized spacial score (nSPS) is 19.5. The van der Waals surface area contributed by atoms with Crippen molar-refractivity contribution in [3.63, 3.8) is 0 Å². The van der Waals surface area contributed by atoms with Crippen LogP contribution in [0.1, 0.15) is 24.1 Å². The van der Waals surface area contributed by atoms with Gasteiger partial charge in [0.2, 0.25) is 0 Å². The number of ether oxygens (including phenoxy) is 1. The smallest absolute Gasteiger partial charge is 0.322 e. The molecule has 6 nitrogen and oxygen atoms in total. The minimum atomic E-state index is -0.983. The van der Waals surface area contributed by atoms with Crippen LogP contribution in [0.5, 0.6) is 0 Å². The predicted octanol–water partition coefficient (Wildman–Crippen LogP) is 3.88. The number of nitrogens with one attached hydrogen (secondary N) is 1. The molecule has 8 heteroatoms. The van der Waals surface area contributed by atoms with E-state index in [1.54, 1.807) is 17.9 Å². The molecule has 0 saturated carbocycles. The number of halogens is 2. The van der Waals surface area contributed by atoms with Crippen LogP contribution in [0.2, 0.25) is 5.02 Å². The average molecular weight is 444 g/mol. The minimum absolute atomic E-state index is 0.0906. The van der Waals surface area contributed by atoms with E-state index in [-0.39, 0.29) is 23.0 Å². The second-order valence-electron chi connectivity index (χ2n) is 7.49. The zero-order valence-corrected chi connectivity index (χ0v) is 17.9. The van der Waals surface area contributed by atoms with Crippen molar-refractivity contribution in [1.82, 2.24) is 15.1 Å². The molecule has 0 bridgehead atoms. The molecule has 1 atom stereocenters. The molecule has 1 fully saturated rings. The topological polar surface area (TPSA) is 61.9 Å². The molecule has 2 heterocycles. The number of amides is 3. The van der Waals surface area contributed by atoms with Gasteiger partial charge in [0.1, 0.15) is 5.82 Å². The predicted molar refractivity (Wildman–Crippen MR) is 115 cm³/mol. The van der Waals surface area contributed by atoms with Crippen molar-refractivity contribution in [1.29, 1.82) is 0 Å². The lowest BCUT2D eigenvalue weighted by atomic mass is 9.93. The SMILES string of the molecule is CC1=C(C(=O)N2CCOCC2)[C@H](c2c(F)cccc2Cl)NC(=O)N1Cc1ccccc1. The maximum Gasteiger partial charge on any atom is 0.322 e. The molecule has 1 N–H and O–H groups in total. The fourth-order valence-electron chi connectivity index (χ4n) is 3.95. The molecular formula is C23H23ClFN3O3. The van der Waals surface area contributed by atoms with Crippen LogP contribution in [-0.2, 0) is 16.1 Å². The number of nitrogens with zero attached hydrogens (tertiary/aromatic N) is 2. The summed E-state index contributed by atoms with van der Waals surface area (Å²) >= 11 is 6.31. The number of hydrogen-bond donors (Lipinski definition) is 1. The molecule has 0 aromatic heterocycles. The summed E-state index contributed by atoms with van der Waals surface area (Å²) in [5, 5.41) is 2.97. The van der Waals surface area contributed by atoms with E-state index in [4.69, 9.17) is 16.3 Å². The van der Waals surface area contributed by atoms with E-state index in [0.717, 1.165) is 5.56 Å². The van der Waals surface area contributed by atoms with Gasteiger partial charge in [0, 0.05) is 29.4 Å². The highest BCUT2D eigenvalue weighted by atomic mass is 35.5. The average Bonchev–Trinajstić information content (AvgIpc) is 2.77. The van der Waals surface area contributed by atoms with Crippen LogP contribution in [0.25, 0.3) is 0 Å². The zero-order chi connectivity index (χ0) is 22.0. The molecule has 2 aromatic carbocycles. The van der Waals surface area contributed by atoms with Crippen LogP contribution in [0, 0.1) is 5.82 Å². The fourth-order valence-corrected chi connectivity index (χ4v) is 4.23. The summed E-state index contributed by atoms with van der Waals surface area (Å²) in [7, 11) is 0. The van der Waals surface area contributed by atoms with Crippen molar-refractivity contribution in [2.45, 2.75) is 19.5 Å². The van der Waals surface area contributed by atoms with E-state index in [1.165, 1.54) is 17.0 Å². The Bertz CT molecular complexity index is 1000. The number of allylic oxidation sites excluding steroid dienone is 1. The number of urea groups is 1. The van der Waals surface area contributed by atoms with E-state index in [9.17, 15) is 14.0 Å². The van der Waals surface area contributed by atoms with Crippen molar-refractivity contribution in [3.05, 3.63) is 81.8 Å². The molecule has 162 valence electrons. The first-order valence-electron chi connectivity index (χ1n) is 10.1. The van der Waals surface area contributed by atoms with Crippen molar-refractivity contribution >= 4 is 23.5 Å². The van der Waals surface area contributed by atoms with Gasteiger partial charge in [-0.05, 0) is 24.6 Å². The Morgan fingerprint density at radius 3 is 2.55 bits per heavy atom. The molecule has 2 aliphatic rings. The Hall–Kier alpha value is -2.90. The molecule has 0 unspecified atom stereocenters. The molecular weight excluding hydrogens is 421 g/mol. The van der Waals surface area contributed by atoms with Gasteiger partial charge in [-0.3, -0.25) is 9.69 Å². The standard InChI is InChI=1S/C23H23ClFN3O3/c1-15-19(22(29)27-10-12-31-13-11-27)21(20-17(24)8-5-9-18(20)25)26-23(30)28(15)14-16-6-3-2-4-7-16/h2-9,21H,10-14H2,1H3,(H,26,30)/t21-/m1/s1. The summed E-state index contributed by atoms with van der Waals surface area (Å²) in [5.74, 6) is -0.836. The first kappa shape index (κ1) is 21.3. The zero-order valence-electron chi connectivity index (χ0n) is 17.1. The van der Waals surface area contributed by atoms with Crippen LogP contribution in [-0.4, -0.2) is 48.0 Å². The third kappa shape index (κ3) is 4.29. The summed E-state index contributed by atoms with van der Waals surface area (Å²) in [6.07, 6.45) is 0. The maximum absolute atomic E-state index is 14.8. The van der Waals surface area contributed by atoms with Crippen molar-refractivity contribution in [3.8, 4) is 0 Å². The van der Waals surface area contributed by atoms with E-state index in [2.05, 4.69) is 5.32 Å². The summed E-state index contributed by atoms with van der Waals surface area (Å²) in [5.41, 5.74) is 1.79. The number of hydrogen-bond acceptors (Lipinski definition) is 3. The van der Waals surface area contributed by atoms with E-state index >= 15 is 0 Å². The largest absolute Gasteiger partial charge is 0.378 e. The lowest BCUT2D eigenvalue weighted by Crippen LogP contribution is -2.51. The highest BCUT2D eigenvalue weighted by molar-refractivity contribution is 6.31. The van der Waals surface area contributed by atoms with E-state index < -0.39 is 17.9 Å². The molecule has 0 radical (unpaired) electrons. The Kier molecular flexibility index (Phi) is 6.25. The number of morpholine rings is 1. The van der Waals surface area contributed by atoms with Crippen molar-refractivity contribution in [2.75, 3.05) is 26.3 Å². The Balaban J connectivity index is 1.79. The quantitative estimate of drug-likeness (QED) is 0.780. The second kappa shape index (κ2) is 9.08. The monoisotopic (exact) mass is 443 g/mol. The molecule has 1 saturated heterocycles. The number of carbonyl (C=O) groups is 2. The lowest BCUT2D eigenvalue weighted by Gasteiger charge is -2.38. The van der Waals surface area contributed by atoms with Gasteiger partial charge in [0.15, 0.2) is 0 Å². The van der Waals surface area contributed by atoms with Gasteiger partial charge in [0.25, 0.3) is 5.91 Å². The van der Waals surface area contributed by atoms with E-state index in [1.807, 2.05) is 30.3 Å². The summed E-state index contributed by atoms with van der Waals surface area (Å²) in [6.45, 7) is 3.74. The Morgan fingerprint density at radius 1 is 1.16 bits per heavy atom. The van der Waals surface area contributed by atoms with Crippen molar-refractivity contribution < 1.29 is 18.7 Å². The van der Waals surface area contributed by atoms with Crippen LogP contribution in [0.15, 0.2) is 59.8 Å². The Morgan fingerprint density at radius 2 is 1.87 bits per heavy atom. The third-order valence-electron chi connectivity index (χ3n) is 5.60. The lowest BCUT2D eigenvalue weighted by molar-refractivity contribution is -0.131. The van der Waals surface area contributed by atoms with Crippen LogP contribution in [0.3, 0.4) is 0 Å². The summed E-state index contributed by atoms with van der Waals surface area (Å²) in [4.78, 5) is 29.8. The molecule has 0 aliphatic carbocycles. The van der Waals surface area contributed by atoms with Gasteiger partial charge >= 0.3 is 6.03 Å². The molecule has 0 spiro atoms. The fraction of sp³-hybridized carbons (Fsp3) is 0.304. The third-order valence-corrected chi connectivity index (χ3v) is 5.93. The summed E-state index contributed by atoms with van der Waals surface area (Å²) < 4.78 is 20.2. The van der Waals surface area contributed by atoms with E-state index in [0.29, 0.717) is 37.6 Å². The van der Waals surface area contributed by atoms with Gasteiger partial charge in [-0.25, -0.2) is 9.18 Å². The van der Waals surface area contributed by atoms with Gasteiger partial charge in [0.05, 0.1) is 31.4 Å².